The highest BCUT2D eigenvalue weighted by atomic mass is 79.9. The van der Waals surface area contributed by atoms with E-state index in [-0.39, 0.29) is 6.10 Å². The number of fused-ring (bicyclic) bond motifs is 1. The van der Waals surface area contributed by atoms with Crippen LogP contribution in [-0.2, 0) is 16.0 Å². The molecule has 1 aliphatic carbocycles. The molecule has 1 atom stereocenters. The first-order valence-corrected chi connectivity index (χ1v) is 8.44. The zero-order valence-electron chi connectivity index (χ0n) is 12.2. The molecule has 1 aromatic heterocycles. The highest BCUT2D eigenvalue weighted by Gasteiger charge is 2.24. The molecular formula is C15H18BrN3O3. The second kappa shape index (κ2) is 6.14. The molecule has 22 heavy (non-hydrogen) atoms. The molecule has 1 unspecified atom stereocenters. The Hall–Kier alpha value is -1.18. The molecule has 1 aliphatic heterocycles. The molecule has 2 aromatic rings. The molecule has 4 rings (SSSR count). The first kappa shape index (κ1) is 14.4. The minimum Gasteiger partial charge on any atom is -0.490 e. The van der Waals surface area contributed by atoms with Crippen LogP contribution in [0.25, 0.3) is 11.0 Å². The number of nitrogens with zero attached hydrogens (tertiary/aromatic N) is 3. The van der Waals surface area contributed by atoms with E-state index in [1.165, 1.54) is 12.8 Å². The Bertz CT molecular complexity index is 665. The van der Waals surface area contributed by atoms with Gasteiger partial charge < -0.3 is 14.2 Å². The van der Waals surface area contributed by atoms with Crippen molar-refractivity contribution in [2.75, 3.05) is 26.4 Å². The average Bonchev–Trinajstić information content (AvgIpc) is 3.27. The monoisotopic (exact) mass is 367 g/mol. The Kier molecular flexibility index (Phi) is 4.02. The lowest BCUT2D eigenvalue weighted by Gasteiger charge is -2.23. The molecule has 1 saturated carbocycles. The molecule has 2 heterocycles. The first-order valence-electron chi connectivity index (χ1n) is 7.65. The summed E-state index contributed by atoms with van der Waals surface area (Å²) in [7, 11) is 0. The summed E-state index contributed by atoms with van der Waals surface area (Å²) in [6, 6.07) is 3.99. The van der Waals surface area contributed by atoms with E-state index in [0.29, 0.717) is 26.4 Å². The normalized spacial score (nSPS) is 22.1. The smallest absolute Gasteiger partial charge is 0.136 e. The fraction of sp³-hybridized carbons (Fsp3) is 0.600. The molecule has 0 radical (unpaired) electrons. The van der Waals surface area contributed by atoms with Gasteiger partial charge in [0.25, 0.3) is 0 Å². The van der Waals surface area contributed by atoms with Crippen molar-refractivity contribution in [1.29, 1.82) is 0 Å². The van der Waals surface area contributed by atoms with Crippen LogP contribution in [0.4, 0.5) is 0 Å². The Morgan fingerprint density at radius 2 is 2.23 bits per heavy atom. The predicted molar refractivity (Wildman–Crippen MR) is 84.0 cm³/mol. The fourth-order valence-corrected chi connectivity index (χ4v) is 3.12. The molecule has 2 aliphatic rings. The number of hydrogen-bond donors (Lipinski definition) is 0. The topological polar surface area (TPSA) is 58.4 Å². The van der Waals surface area contributed by atoms with E-state index in [1.807, 2.05) is 16.8 Å². The molecule has 1 saturated heterocycles. The minimum atomic E-state index is -0.0121. The highest BCUT2D eigenvalue weighted by Crippen LogP contribution is 2.34. The lowest BCUT2D eigenvalue weighted by molar-refractivity contribution is -0.101. The van der Waals surface area contributed by atoms with E-state index >= 15 is 0 Å². The molecule has 1 aromatic carbocycles. The quantitative estimate of drug-likeness (QED) is 0.811. The summed E-state index contributed by atoms with van der Waals surface area (Å²) in [5, 5.41) is 8.55. The molecule has 0 N–H and O–H groups in total. The third-order valence-corrected chi connectivity index (χ3v) is 4.79. The number of benzene rings is 1. The number of rotatable bonds is 5. The maximum Gasteiger partial charge on any atom is 0.136 e. The van der Waals surface area contributed by atoms with Crippen LogP contribution < -0.4 is 4.74 Å². The van der Waals surface area contributed by atoms with Crippen LogP contribution in [0.5, 0.6) is 5.75 Å². The van der Waals surface area contributed by atoms with Crippen LogP contribution in [0.1, 0.15) is 12.8 Å². The van der Waals surface area contributed by atoms with Crippen molar-refractivity contribution in [3.63, 3.8) is 0 Å². The second-order valence-electron chi connectivity index (χ2n) is 5.84. The molecular weight excluding hydrogens is 350 g/mol. The SMILES string of the molecule is Brc1c(OCC2COCCO2)ccc2c1nnn2CC1CC1. The van der Waals surface area contributed by atoms with Crippen LogP contribution in [0, 0.1) is 5.92 Å². The van der Waals surface area contributed by atoms with Gasteiger partial charge in [0.1, 0.15) is 24.0 Å². The third-order valence-electron chi connectivity index (χ3n) is 4.03. The first-order chi connectivity index (χ1) is 10.8. The van der Waals surface area contributed by atoms with Crippen molar-refractivity contribution in [1.82, 2.24) is 15.0 Å². The predicted octanol–water partition coefficient (Wildman–Crippen LogP) is 2.40. The van der Waals surface area contributed by atoms with Crippen LogP contribution in [0.3, 0.4) is 0 Å². The summed E-state index contributed by atoms with van der Waals surface area (Å²) in [4.78, 5) is 0. The molecule has 7 heteroatoms. The van der Waals surface area contributed by atoms with Gasteiger partial charge in [0.15, 0.2) is 0 Å². The van der Waals surface area contributed by atoms with E-state index < -0.39 is 0 Å². The fourth-order valence-electron chi connectivity index (χ4n) is 2.59. The van der Waals surface area contributed by atoms with Crippen molar-refractivity contribution >= 4 is 27.0 Å². The minimum absolute atomic E-state index is 0.0121. The summed E-state index contributed by atoms with van der Waals surface area (Å²) in [6.45, 7) is 3.30. The molecule has 0 amide bonds. The average molecular weight is 368 g/mol. The Labute approximate surface area is 136 Å². The van der Waals surface area contributed by atoms with E-state index in [2.05, 4.69) is 26.2 Å². The van der Waals surface area contributed by atoms with Gasteiger partial charge in [-0.25, -0.2) is 4.68 Å². The van der Waals surface area contributed by atoms with Gasteiger partial charge in [-0.1, -0.05) is 5.21 Å². The molecule has 118 valence electrons. The van der Waals surface area contributed by atoms with E-state index in [9.17, 15) is 0 Å². The Morgan fingerprint density at radius 1 is 1.32 bits per heavy atom. The molecule has 6 nitrogen and oxygen atoms in total. The van der Waals surface area contributed by atoms with Crippen LogP contribution in [-0.4, -0.2) is 47.5 Å². The van der Waals surface area contributed by atoms with E-state index in [0.717, 1.165) is 33.7 Å². The van der Waals surface area contributed by atoms with Gasteiger partial charge >= 0.3 is 0 Å². The van der Waals surface area contributed by atoms with Crippen LogP contribution in [0.15, 0.2) is 16.6 Å². The highest BCUT2D eigenvalue weighted by molar-refractivity contribution is 9.10. The summed E-state index contributed by atoms with van der Waals surface area (Å²) in [6.07, 6.45) is 2.59. The van der Waals surface area contributed by atoms with Gasteiger partial charge in [-0.05, 0) is 46.8 Å². The summed E-state index contributed by atoms with van der Waals surface area (Å²) < 4.78 is 19.7. The maximum atomic E-state index is 5.86. The summed E-state index contributed by atoms with van der Waals surface area (Å²) >= 11 is 3.59. The van der Waals surface area contributed by atoms with Gasteiger partial charge in [0.2, 0.25) is 0 Å². The number of ether oxygens (including phenoxy) is 3. The molecule has 0 spiro atoms. The lowest BCUT2D eigenvalue weighted by Crippen LogP contribution is -2.33. The van der Waals surface area contributed by atoms with Crippen molar-refractivity contribution in [2.45, 2.75) is 25.5 Å². The van der Waals surface area contributed by atoms with Crippen molar-refractivity contribution in [3.8, 4) is 5.75 Å². The zero-order chi connectivity index (χ0) is 14.9. The Morgan fingerprint density at radius 3 is 3.00 bits per heavy atom. The Balaban J connectivity index is 1.50. The number of halogens is 1. The van der Waals surface area contributed by atoms with Gasteiger partial charge in [0.05, 0.1) is 29.8 Å². The largest absolute Gasteiger partial charge is 0.490 e. The maximum absolute atomic E-state index is 5.86. The molecule has 2 fully saturated rings. The van der Waals surface area contributed by atoms with Crippen molar-refractivity contribution in [3.05, 3.63) is 16.6 Å². The van der Waals surface area contributed by atoms with Crippen molar-refractivity contribution in [2.24, 2.45) is 5.92 Å². The summed E-state index contributed by atoms with van der Waals surface area (Å²) in [5.74, 6) is 1.53. The van der Waals surface area contributed by atoms with Crippen molar-refractivity contribution < 1.29 is 14.2 Å². The van der Waals surface area contributed by atoms with Gasteiger partial charge in [-0.2, -0.15) is 0 Å². The van der Waals surface area contributed by atoms with Crippen LogP contribution >= 0.6 is 15.9 Å². The van der Waals surface area contributed by atoms with E-state index in [1.54, 1.807) is 0 Å². The second-order valence-corrected chi connectivity index (χ2v) is 6.63. The third kappa shape index (κ3) is 2.98. The number of hydrogen-bond acceptors (Lipinski definition) is 5. The molecule has 0 bridgehead atoms. The van der Waals surface area contributed by atoms with Gasteiger partial charge in [-0.15, -0.1) is 5.10 Å². The van der Waals surface area contributed by atoms with Crippen LogP contribution in [0.2, 0.25) is 0 Å². The zero-order valence-corrected chi connectivity index (χ0v) is 13.8. The number of aromatic nitrogens is 3. The van der Waals surface area contributed by atoms with Gasteiger partial charge in [0, 0.05) is 6.54 Å². The van der Waals surface area contributed by atoms with Gasteiger partial charge in [-0.3, -0.25) is 0 Å². The van der Waals surface area contributed by atoms with E-state index in [4.69, 9.17) is 14.2 Å². The lowest BCUT2D eigenvalue weighted by atomic mass is 10.3. The standard InChI is InChI=1S/C15H18BrN3O3/c16-14-13(22-9-11-8-20-5-6-21-11)4-3-12-15(14)17-18-19(12)7-10-1-2-10/h3-4,10-11H,1-2,5-9H2. The summed E-state index contributed by atoms with van der Waals surface area (Å²) in [5.41, 5.74) is 1.89.